The molecule has 62 valence electrons. The number of urea groups is 1. The molecule has 0 atom stereocenters. The Morgan fingerprint density at radius 2 is 1.73 bits per heavy atom. The van der Waals surface area contributed by atoms with Crippen molar-refractivity contribution in [1.29, 1.82) is 0 Å². The maximum absolute atomic E-state index is 11.3. The minimum Gasteiger partial charge on any atom is -0.395 e. The first kappa shape index (κ1) is 7.10. The second kappa shape index (κ2) is 2.48. The van der Waals surface area contributed by atoms with E-state index in [1.165, 1.54) is 31.0 Å². The molecule has 3 nitrogen and oxygen atoms in total. The van der Waals surface area contributed by atoms with Crippen LogP contribution in [-0.2, 0) is 0 Å². The van der Waals surface area contributed by atoms with Crippen LogP contribution >= 0.6 is 0 Å². The van der Waals surface area contributed by atoms with E-state index in [4.69, 9.17) is 0 Å². The summed E-state index contributed by atoms with van der Waals surface area (Å²) >= 11 is 0. The Labute approximate surface area is 66.8 Å². The highest BCUT2D eigenvalue weighted by Crippen LogP contribution is 2.36. The number of primary amides is 1. The highest BCUT2D eigenvalue weighted by atomic mass is 16.2. The SMILES string of the molecule is [CH2-][NH2+]C(=O)N(C1CC1)C1CC1. The van der Waals surface area contributed by atoms with Gasteiger partial charge in [-0.05, 0) is 25.7 Å². The van der Waals surface area contributed by atoms with Gasteiger partial charge in [0.2, 0.25) is 0 Å². The average molecular weight is 154 g/mol. The highest BCUT2D eigenvalue weighted by molar-refractivity contribution is 5.65. The molecule has 2 rings (SSSR count). The standard InChI is InChI=1S/C8H14N2O/c1-9-8(11)10(6-2-3-6)7-4-5-7/h6-7H,1-5,9H2. The first-order valence-electron chi connectivity index (χ1n) is 4.27. The molecule has 2 N–H and O–H groups in total. The summed E-state index contributed by atoms with van der Waals surface area (Å²) < 4.78 is 0. The molecule has 3 heteroatoms. The van der Waals surface area contributed by atoms with Gasteiger partial charge in [-0.3, -0.25) is 4.90 Å². The van der Waals surface area contributed by atoms with Crippen LogP contribution in [-0.4, -0.2) is 23.0 Å². The number of carbonyl (C=O) groups is 1. The molecule has 11 heavy (non-hydrogen) atoms. The van der Waals surface area contributed by atoms with Crippen LogP contribution < -0.4 is 5.32 Å². The Hall–Kier alpha value is -0.570. The molecule has 2 saturated carbocycles. The predicted molar refractivity (Wildman–Crippen MR) is 40.6 cm³/mol. The summed E-state index contributed by atoms with van der Waals surface area (Å²) in [6.07, 6.45) is 4.82. The normalized spacial score (nSPS) is 23.4. The van der Waals surface area contributed by atoms with Gasteiger partial charge in [-0.1, -0.05) is 0 Å². The fourth-order valence-corrected chi connectivity index (χ4v) is 1.47. The smallest absolute Gasteiger partial charge is 0.390 e. The molecule has 0 spiro atoms. The molecular formula is C8H14N2O. The van der Waals surface area contributed by atoms with Gasteiger partial charge in [-0.2, -0.15) is 0 Å². The van der Waals surface area contributed by atoms with Gasteiger partial charge in [0.05, 0.1) is 0 Å². The zero-order valence-corrected chi connectivity index (χ0v) is 6.62. The van der Waals surface area contributed by atoms with Crippen LogP contribution in [0.5, 0.6) is 0 Å². The van der Waals surface area contributed by atoms with Crippen LogP contribution in [0.1, 0.15) is 25.7 Å². The Balaban J connectivity index is 1.96. The summed E-state index contributed by atoms with van der Waals surface area (Å²) in [6.45, 7) is 0. The molecule has 2 aliphatic rings. The molecule has 0 heterocycles. The molecule has 2 aliphatic carbocycles. The third kappa shape index (κ3) is 1.38. The Bertz CT molecular complexity index is 161. The molecule has 2 fully saturated rings. The average Bonchev–Trinajstić information content (AvgIpc) is 2.81. The van der Waals surface area contributed by atoms with Crippen molar-refractivity contribution in [3.05, 3.63) is 7.05 Å². The summed E-state index contributed by atoms with van der Waals surface area (Å²) in [5, 5.41) is 1.44. The second-order valence-electron chi connectivity index (χ2n) is 3.41. The third-order valence-corrected chi connectivity index (χ3v) is 2.31. The highest BCUT2D eigenvalue weighted by Gasteiger charge is 2.42. The number of rotatable bonds is 2. The van der Waals surface area contributed by atoms with E-state index in [0.717, 1.165) is 0 Å². The van der Waals surface area contributed by atoms with Gasteiger partial charge in [0.25, 0.3) is 0 Å². The van der Waals surface area contributed by atoms with Crippen LogP contribution in [0.15, 0.2) is 0 Å². The van der Waals surface area contributed by atoms with Gasteiger partial charge in [0.1, 0.15) is 0 Å². The predicted octanol–water partition coefficient (Wildman–Crippen LogP) is 0.0882. The fourth-order valence-electron chi connectivity index (χ4n) is 1.47. The maximum atomic E-state index is 11.3. The summed E-state index contributed by atoms with van der Waals surface area (Å²) in [5.41, 5.74) is 0. The number of nitrogens with two attached hydrogens (primary N) is 1. The number of amides is 2. The number of nitrogens with zero attached hydrogens (tertiary/aromatic N) is 1. The van der Waals surface area contributed by atoms with Crippen molar-refractivity contribution >= 4 is 6.03 Å². The molecule has 0 aromatic rings. The van der Waals surface area contributed by atoms with E-state index in [1.54, 1.807) is 0 Å². The van der Waals surface area contributed by atoms with E-state index in [2.05, 4.69) is 7.05 Å². The van der Waals surface area contributed by atoms with Crippen LogP contribution in [0.25, 0.3) is 0 Å². The van der Waals surface area contributed by atoms with Crippen molar-refractivity contribution in [2.24, 2.45) is 0 Å². The first-order chi connectivity index (χ1) is 5.33. The van der Waals surface area contributed by atoms with Crippen LogP contribution in [0, 0.1) is 7.05 Å². The summed E-state index contributed by atoms with van der Waals surface area (Å²) in [6, 6.07) is 1.26. The molecule has 0 saturated heterocycles. The van der Waals surface area contributed by atoms with Crippen LogP contribution in [0.2, 0.25) is 0 Å². The molecule has 2 amide bonds. The first-order valence-corrected chi connectivity index (χ1v) is 4.27. The molecule has 0 bridgehead atoms. The molecular weight excluding hydrogens is 140 g/mol. The van der Waals surface area contributed by atoms with E-state index in [1.807, 2.05) is 4.90 Å². The maximum Gasteiger partial charge on any atom is 0.390 e. The van der Waals surface area contributed by atoms with Crippen LogP contribution in [0.3, 0.4) is 0 Å². The van der Waals surface area contributed by atoms with E-state index in [-0.39, 0.29) is 6.03 Å². The summed E-state index contributed by atoms with van der Waals surface area (Å²) in [5.74, 6) is 0. The van der Waals surface area contributed by atoms with Crippen molar-refractivity contribution in [3.8, 4) is 0 Å². The molecule has 0 aliphatic heterocycles. The monoisotopic (exact) mass is 154 g/mol. The van der Waals surface area contributed by atoms with E-state index < -0.39 is 0 Å². The van der Waals surface area contributed by atoms with Crippen molar-refractivity contribution in [2.45, 2.75) is 37.8 Å². The van der Waals surface area contributed by atoms with E-state index in [0.29, 0.717) is 12.1 Å². The lowest BCUT2D eigenvalue weighted by Crippen LogP contribution is -2.85. The zero-order chi connectivity index (χ0) is 7.84. The number of hydrogen-bond acceptors (Lipinski definition) is 1. The van der Waals surface area contributed by atoms with Gasteiger partial charge in [0, 0.05) is 12.1 Å². The van der Waals surface area contributed by atoms with Gasteiger partial charge in [-0.15, -0.1) is 7.05 Å². The topological polar surface area (TPSA) is 36.9 Å². The van der Waals surface area contributed by atoms with Gasteiger partial charge >= 0.3 is 6.03 Å². The summed E-state index contributed by atoms with van der Waals surface area (Å²) in [4.78, 5) is 13.3. The van der Waals surface area contributed by atoms with Gasteiger partial charge in [0.15, 0.2) is 0 Å². The fraction of sp³-hybridized carbons (Fsp3) is 0.750. The number of carbonyl (C=O) groups excluding carboxylic acids is 1. The molecule has 0 radical (unpaired) electrons. The minimum atomic E-state index is 0.134. The minimum absolute atomic E-state index is 0.134. The Morgan fingerprint density at radius 1 is 1.27 bits per heavy atom. The number of quaternary nitrogens is 1. The van der Waals surface area contributed by atoms with E-state index in [9.17, 15) is 4.79 Å². The van der Waals surface area contributed by atoms with Crippen molar-refractivity contribution in [2.75, 3.05) is 0 Å². The lowest BCUT2D eigenvalue weighted by Gasteiger charge is -2.19. The van der Waals surface area contributed by atoms with Crippen molar-refractivity contribution in [3.63, 3.8) is 0 Å². The Morgan fingerprint density at radius 3 is 2.00 bits per heavy atom. The third-order valence-electron chi connectivity index (χ3n) is 2.31. The molecule has 0 unspecified atom stereocenters. The Kier molecular flexibility index (Phi) is 1.60. The molecule has 0 aromatic carbocycles. The summed E-state index contributed by atoms with van der Waals surface area (Å²) in [7, 11) is 3.51. The zero-order valence-electron chi connectivity index (χ0n) is 6.62. The van der Waals surface area contributed by atoms with Crippen LogP contribution in [0.4, 0.5) is 4.79 Å². The lowest BCUT2D eigenvalue weighted by atomic mass is 10.5. The van der Waals surface area contributed by atoms with E-state index >= 15 is 0 Å². The van der Waals surface area contributed by atoms with Gasteiger partial charge in [-0.25, -0.2) is 4.79 Å². The van der Waals surface area contributed by atoms with Crippen molar-refractivity contribution < 1.29 is 10.1 Å². The largest absolute Gasteiger partial charge is 0.395 e. The van der Waals surface area contributed by atoms with Crippen molar-refractivity contribution in [1.82, 2.24) is 4.90 Å². The number of hydrogen-bond donors (Lipinski definition) is 1. The second-order valence-corrected chi connectivity index (χ2v) is 3.41. The molecule has 0 aromatic heterocycles. The lowest BCUT2D eigenvalue weighted by molar-refractivity contribution is -0.498. The van der Waals surface area contributed by atoms with Gasteiger partial charge < -0.3 is 5.32 Å². The quantitative estimate of drug-likeness (QED) is 0.562.